The van der Waals surface area contributed by atoms with Crippen LogP contribution in [0, 0.1) is 0 Å². The Hall–Kier alpha value is -2.80. The molecule has 0 radical (unpaired) electrons. The molecule has 0 atom stereocenters. The molecule has 0 unspecified atom stereocenters. The van der Waals surface area contributed by atoms with Gasteiger partial charge in [0.05, 0.1) is 33.8 Å². The predicted molar refractivity (Wildman–Crippen MR) is 109 cm³/mol. The third-order valence-corrected chi connectivity index (χ3v) is 4.53. The molecule has 2 N–H and O–H groups in total. The van der Waals surface area contributed by atoms with Crippen molar-refractivity contribution in [2.45, 2.75) is 6.42 Å². The van der Waals surface area contributed by atoms with Gasteiger partial charge >= 0.3 is 22.4 Å². The van der Waals surface area contributed by atoms with Gasteiger partial charge in [-0.15, -0.1) is 0 Å². The monoisotopic (exact) mass is 551 g/mol. The van der Waals surface area contributed by atoms with Gasteiger partial charge in [-0.2, -0.15) is 0 Å². The summed E-state index contributed by atoms with van der Waals surface area (Å²) in [6.07, 6.45) is 4.66. The Morgan fingerprint density at radius 2 is 1.14 bits per heavy atom. The number of nitrogens with one attached hydrogen (secondary N) is 2. The zero-order chi connectivity index (χ0) is 18.1. The number of para-hydroxylation sites is 2. The fourth-order valence-corrected chi connectivity index (χ4v) is 3.21. The molecular formula is C21H18AuN6+3. The van der Waals surface area contributed by atoms with Gasteiger partial charge < -0.3 is 9.97 Å². The minimum Gasteiger partial charge on any atom is -0.352 e. The molecule has 6 nitrogen and oxygen atoms in total. The fourth-order valence-electron chi connectivity index (χ4n) is 3.21. The van der Waals surface area contributed by atoms with E-state index in [1.807, 2.05) is 61.0 Å². The van der Waals surface area contributed by atoms with Crippen LogP contribution in [0.1, 0.15) is 17.8 Å². The molecule has 0 aliphatic carbocycles. The minimum absolute atomic E-state index is 0. The molecule has 0 saturated heterocycles. The van der Waals surface area contributed by atoms with E-state index >= 15 is 0 Å². The Labute approximate surface area is 177 Å². The van der Waals surface area contributed by atoms with Gasteiger partial charge in [0, 0.05) is 25.5 Å². The van der Waals surface area contributed by atoms with Crippen molar-refractivity contribution in [3.63, 3.8) is 0 Å². The molecule has 140 valence electrons. The first-order valence-electron chi connectivity index (χ1n) is 9.02. The minimum atomic E-state index is 0. The Morgan fingerprint density at radius 1 is 0.643 bits per heavy atom. The van der Waals surface area contributed by atoms with Crippen LogP contribution in [-0.4, -0.2) is 45.5 Å². The second-order valence-electron chi connectivity index (χ2n) is 6.49. The summed E-state index contributed by atoms with van der Waals surface area (Å²) in [5.74, 6) is 0. The zero-order valence-corrected chi connectivity index (χ0v) is 17.2. The Bertz CT molecular complexity index is 1080. The van der Waals surface area contributed by atoms with Crippen LogP contribution in [0.25, 0.3) is 33.8 Å². The van der Waals surface area contributed by atoms with Crippen molar-refractivity contribution in [2.24, 2.45) is 9.98 Å². The van der Waals surface area contributed by atoms with Crippen LogP contribution in [0.2, 0.25) is 0 Å². The molecule has 1 aliphatic rings. The van der Waals surface area contributed by atoms with E-state index in [4.69, 9.17) is 9.97 Å². The van der Waals surface area contributed by atoms with Crippen molar-refractivity contribution in [1.82, 2.24) is 19.9 Å². The van der Waals surface area contributed by atoms with Crippen LogP contribution >= 0.6 is 0 Å². The van der Waals surface area contributed by atoms with Gasteiger partial charge in [-0.3, -0.25) is 9.98 Å². The largest absolute Gasteiger partial charge is 3.00 e. The van der Waals surface area contributed by atoms with Crippen molar-refractivity contribution in [2.75, 3.05) is 13.1 Å². The summed E-state index contributed by atoms with van der Waals surface area (Å²) < 4.78 is 0. The standard InChI is InChI=1S/C21H18N6.Au/c1-2-5-17-16(4-1)26-20-18-8-6-14(24-18)12-22-10-3-11-23-13-15-7-9-19(25-15)21(20)27-17;/h1-2,4-9,12-13,24-25H,3,10-11H2;/q;+3. The number of aliphatic imine (C=N–C) groups is 2. The summed E-state index contributed by atoms with van der Waals surface area (Å²) >= 11 is 0. The molecule has 0 amide bonds. The molecule has 1 aliphatic heterocycles. The van der Waals surface area contributed by atoms with Gasteiger partial charge in [0.25, 0.3) is 0 Å². The maximum Gasteiger partial charge on any atom is 3.00 e. The number of benzene rings is 1. The summed E-state index contributed by atoms with van der Waals surface area (Å²) in [4.78, 5) is 25.5. The summed E-state index contributed by atoms with van der Waals surface area (Å²) in [6.45, 7) is 1.51. The van der Waals surface area contributed by atoms with E-state index in [1.165, 1.54) is 0 Å². The second-order valence-corrected chi connectivity index (χ2v) is 6.49. The van der Waals surface area contributed by atoms with Crippen molar-refractivity contribution >= 4 is 23.5 Å². The normalized spacial score (nSPS) is 13.4. The first-order valence-corrected chi connectivity index (χ1v) is 9.02. The summed E-state index contributed by atoms with van der Waals surface area (Å²) in [7, 11) is 0. The number of hydrogen-bond acceptors (Lipinski definition) is 4. The summed E-state index contributed by atoms with van der Waals surface area (Å²) in [5.41, 5.74) is 7.11. The maximum atomic E-state index is 4.89. The number of rotatable bonds is 0. The van der Waals surface area contributed by atoms with E-state index in [2.05, 4.69) is 20.0 Å². The number of nitrogens with zero attached hydrogens (tertiary/aromatic N) is 4. The van der Waals surface area contributed by atoms with E-state index in [0.717, 1.165) is 64.7 Å². The predicted octanol–water partition coefficient (Wildman–Crippen LogP) is 3.86. The van der Waals surface area contributed by atoms with Gasteiger partial charge in [0.1, 0.15) is 11.4 Å². The van der Waals surface area contributed by atoms with E-state index < -0.39 is 0 Å². The van der Waals surface area contributed by atoms with Crippen molar-refractivity contribution in [3.8, 4) is 22.8 Å². The molecule has 28 heavy (non-hydrogen) atoms. The van der Waals surface area contributed by atoms with Crippen LogP contribution in [0.3, 0.4) is 0 Å². The van der Waals surface area contributed by atoms with Gasteiger partial charge in [-0.1, -0.05) is 12.1 Å². The summed E-state index contributed by atoms with van der Waals surface area (Å²) in [6, 6.07) is 16.0. The molecule has 3 aromatic heterocycles. The molecule has 0 saturated carbocycles. The quantitative estimate of drug-likeness (QED) is 0.326. The molecule has 0 spiro atoms. The Morgan fingerprint density at radius 3 is 1.64 bits per heavy atom. The van der Waals surface area contributed by atoms with Crippen molar-refractivity contribution in [1.29, 1.82) is 0 Å². The number of hydrogen-bond donors (Lipinski definition) is 2. The van der Waals surface area contributed by atoms with Crippen molar-refractivity contribution in [3.05, 3.63) is 59.9 Å². The Balaban J connectivity index is 0.00000192. The maximum absolute atomic E-state index is 4.89. The first-order chi connectivity index (χ1) is 13.4. The molecule has 7 heteroatoms. The van der Waals surface area contributed by atoms with Crippen LogP contribution in [0.5, 0.6) is 0 Å². The topological polar surface area (TPSA) is 82.1 Å². The van der Waals surface area contributed by atoms with E-state index in [-0.39, 0.29) is 22.4 Å². The average Bonchev–Trinajstić information content (AvgIpc) is 3.35. The zero-order valence-electron chi connectivity index (χ0n) is 15.0. The van der Waals surface area contributed by atoms with E-state index in [0.29, 0.717) is 0 Å². The van der Waals surface area contributed by atoms with Gasteiger partial charge in [-0.05, 0) is 42.8 Å². The van der Waals surface area contributed by atoms with E-state index in [9.17, 15) is 0 Å². The van der Waals surface area contributed by atoms with Gasteiger partial charge in [0.2, 0.25) is 0 Å². The van der Waals surface area contributed by atoms with Crippen LogP contribution < -0.4 is 0 Å². The fraction of sp³-hybridized carbons (Fsp3) is 0.143. The molecule has 1 aromatic carbocycles. The number of aromatic nitrogens is 4. The molecule has 0 fully saturated rings. The molecule has 4 aromatic rings. The number of aromatic amines is 2. The van der Waals surface area contributed by atoms with Crippen LogP contribution in [-0.2, 0) is 22.4 Å². The molecule has 4 bridgehead atoms. The van der Waals surface area contributed by atoms with Crippen LogP contribution in [0.4, 0.5) is 0 Å². The first kappa shape index (κ1) is 18.6. The average molecular weight is 551 g/mol. The van der Waals surface area contributed by atoms with Gasteiger partial charge in [0.15, 0.2) is 0 Å². The van der Waals surface area contributed by atoms with Crippen molar-refractivity contribution < 1.29 is 22.4 Å². The summed E-state index contributed by atoms with van der Waals surface area (Å²) in [5, 5.41) is 0. The smallest absolute Gasteiger partial charge is 0.352 e. The third-order valence-electron chi connectivity index (χ3n) is 4.53. The SMILES string of the molecule is C1=NCCCN=Cc2ccc([nH]2)-c2nc3ccccc3nc2-c2ccc1[nH]2.[Au+3]. The third kappa shape index (κ3) is 3.62. The Kier molecular flexibility index (Phi) is 5.34. The van der Waals surface area contributed by atoms with Gasteiger partial charge in [-0.25, -0.2) is 9.97 Å². The molecule has 5 rings (SSSR count). The second kappa shape index (κ2) is 8.06. The number of H-pyrrole nitrogens is 2. The molecule has 4 heterocycles. The number of fused-ring (bicyclic) bond motifs is 8. The van der Waals surface area contributed by atoms with Crippen LogP contribution in [0.15, 0.2) is 58.5 Å². The molecular weight excluding hydrogens is 533 g/mol. The van der Waals surface area contributed by atoms with E-state index in [1.54, 1.807) is 0 Å².